The van der Waals surface area contributed by atoms with Crippen LogP contribution in [0.3, 0.4) is 0 Å². The molecule has 0 saturated heterocycles. The summed E-state index contributed by atoms with van der Waals surface area (Å²) in [5.74, 6) is 3.29. The van der Waals surface area contributed by atoms with Crippen LogP contribution in [0.2, 0.25) is 5.02 Å². The van der Waals surface area contributed by atoms with E-state index in [-0.39, 0.29) is 0 Å². The molecule has 1 aromatic heterocycles. The predicted molar refractivity (Wildman–Crippen MR) is 89.5 cm³/mol. The van der Waals surface area contributed by atoms with Gasteiger partial charge in [-0.2, -0.15) is 0 Å². The van der Waals surface area contributed by atoms with E-state index in [0.717, 1.165) is 22.2 Å². The molecule has 0 aliphatic carbocycles. The summed E-state index contributed by atoms with van der Waals surface area (Å²) in [6, 6.07) is 11.2. The summed E-state index contributed by atoms with van der Waals surface area (Å²) < 4.78 is 0. The van der Waals surface area contributed by atoms with Crippen molar-refractivity contribution in [2.45, 2.75) is 4.90 Å². The number of nitrogens with zero attached hydrogens (tertiary/aromatic N) is 2. The highest BCUT2D eigenvalue weighted by Crippen LogP contribution is 2.30. The third-order valence-corrected chi connectivity index (χ3v) is 3.81. The molecule has 3 nitrogen and oxygen atoms in total. The van der Waals surface area contributed by atoms with Crippen molar-refractivity contribution in [1.29, 1.82) is 0 Å². The first kappa shape index (κ1) is 13.7. The van der Waals surface area contributed by atoms with Crippen LogP contribution in [0.15, 0.2) is 47.6 Å². The molecule has 1 N–H and O–H groups in total. The Labute approximate surface area is 132 Å². The maximum Gasteiger partial charge on any atom is 0.141 e. The summed E-state index contributed by atoms with van der Waals surface area (Å²) in [7, 11) is 0. The van der Waals surface area contributed by atoms with Crippen LogP contribution in [0, 0.1) is 12.3 Å². The summed E-state index contributed by atoms with van der Waals surface area (Å²) in [6.45, 7) is 0. The van der Waals surface area contributed by atoms with E-state index in [9.17, 15) is 0 Å². The molecule has 0 amide bonds. The SMILES string of the molecule is C#Cc1cccc(Nc2ncnc3cc(Cl)c(S)cc23)c1. The van der Waals surface area contributed by atoms with Crippen LogP contribution in [0.25, 0.3) is 10.9 Å². The van der Waals surface area contributed by atoms with Crippen molar-refractivity contribution in [3.63, 3.8) is 0 Å². The van der Waals surface area contributed by atoms with E-state index in [4.69, 9.17) is 18.0 Å². The highest BCUT2D eigenvalue weighted by atomic mass is 35.5. The van der Waals surface area contributed by atoms with Crippen molar-refractivity contribution >= 4 is 46.6 Å². The van der Waals surface area contributed by atoms with Gasteiger partial charge in [0.1, 0.15) is 12.1 Å². The number of anilines is 2. The number of terminal acetylenes is 1. The minimum atomic E-state index is 0.560. The van der Waals surface area contributed by atoms with E-state index in [0.29, 0.717) is 15.7 Å². The molecule has 3 rings (SSSR count). The number of thiol groups is 1. The van der Waals surface area contributed by atoms with Crippen LogP contribution in [0.4, 0.5) is 11.5 Å². The third-order valence-electron chi connectivity index (χ3n) is 3.00. The second kappa shape index (κ2) is 5.65. The molecular formula is C16H10ClN3S. The Morgan fingerprint density at radius 2 is 2.05 bits per heavy atom. The Hall–Kier alpha value is -2.22. The summed E-state index contributed by atoms with van der Waals surface area (Å²) in [4.78, 5) is 9.17. The van der Waals surface area contributed by atoms with E-state index < -0.39 is 0 Å². The number of hydrogen-bond donors (Lipinski definition) is 2. The van der Waals surface area contributed by atoms with Crippen molar-refractivity contribution in [1.82, 2.24) is 9.97 Å². The van der Waals surface area contributed by atoms with E-state index in [1.165, 1.54) is 6.33 Å². The maximum absolute atomic E-state index is 6.06. The van der Waals surface area contributed by atoms with Crippen LogP contribution >= 0.6 is 24.2 Å². The number of rotatable bonds is 2. The van der Waals surface area contributed by atoms with Crippen molar-refractivity contribution in [2.75, 3.05) is 5.32 Å². The molecule has 5 heteroatoms. The standard InChI is InChI=1S/C16H10ClN3S/c1-2-10-4-3-5-11(6-10)20-16-12-7-15(21)13(17)8-14(12)18-9-19-16/h1,3-9,21H,(H,18,19,20). The zero-order valence-corrected chi connectivity index (χ0v) is 12.5. The smallest absolute Gasteiger partial charge is 0.141 e. The minimum absolute atomic E-state index is 0.560. The Balaban J connectivity index is 2.08. The van der Waals surface area contributed by atoms with E-state index >= 15 is 0 Å². The van der Waals surface area contributed by atoms with Crippen LogP contribution in [0.1, 0.15) is 5.56 Å². The van der Waals surface area contributed by atoms with Crippen molar-refractivity contribution in [3.8, 4) is 12.3 Å². The average molecular weight is 312 g/mol. The number of fused-ring (bicyclic) bond motifs is 1. The first-order chi connectivity index (χ1) is 10.2. The van der Waals surface area contributed by atoms with Gasteiger partial charge in [-0.05, 0) is 30.3 Å². The first-order valence-electron chi connectivity index (χ1n) is 6.14. The highest BCUT2D eigenvalue weighted by Gasteiger charge is 2.07. The molecule has 0 unspecified atom stereocenters. The van der Waals surface area contributed by atoms with Gasteiger partial charge >= 0.3 is 0 Å². The second-order valence-corrected chi connectivity index (χ2v) is 5.28. The largest absolute Gasteiger partial charge is 0.340 e. The molecule has 0 radical (unpaired) electrons. The number of aromatic nitrogens is 2. The molecule has 0 fully saturated rings. The highest BCUT2D eigenvalue weighted by molar-refractivity contribution is 7.80. The molecule has 3 aromatic rings. The predicted octanol–water partition coefficient (Wildman–Crippen LogP) is 4.30. The molecule has 0 saturated carbocycles. The number of benzene rings is 2. The Morgan fingerprint density at radius 1 is 1.19 bits per heavy atom. The quantitative estimate of drug-likeness (QED) is 0.547. The molecule has 0 aliphatic rings. The number of nitrogens with one attached hydrogen (secondary N) is 1. The minimum Gasteiger partial charge on any atom is -0.340 e. The lowest BCUT2D eigenvalue weighted by molar-refractivity contribution is 1.21. The van der Waals surface area contributed by atoms with Crippen LogP contribution in [-0.2, 0) is 0 Å². The van der Waals surface area contributed by atoms with E-state index in [1.54, 1.807) is 6.07 Å². The molecule has 0 aliphatic heterocycles. The van der Waals surface area contributed by atoms with E-state index in [2.05, 4.69) is 33.8 Å². The average Bonchev–Trinajstić information content (AvgIpc) is 2.49. The lowest BCUT2D eigenvalue weighted by atomic mass is 10.2. The Morgan fingerprint density at radius 3 is 2.86 bits per heavy atom. The lowest BCUT2D eigenvalue weighted by Gasteiger charge is -2.09. The monoisotopic (exact) mass is 311 g/mol. The summed E-state index contributed by atoms with van der Waals surface area (Å²) in [6.07, 6.45) is 6.90. The fraction of sp³-hybridized carbons (Fsp3) is 0. The van der Waals surface area contributed by atoms with Crippen molar-refractivity contribution in [3.05, 3.63) is 53.3 Å². The topological polar surface area (TPSA) is 37.8 Å². The number of hydrogen-bond acceptors (Lipinski definition) is 4. The van der Waals surface area contributed by atoms with Gasteiger partial charge in [-0.3, -0.25) is 0 Å². The van der Waals surface area contributed by atoms with Crippen molar-refractivity contribution < 1.29 is 0 Å². The summed E-state index contributed by atoms with van der Waals surface area (Å²) >= 11 is 10.4. The normalized spacial score (nSPS) is 10.3. The molecular weight excluding hydrogens is 302 g/mol. The zero-order chi connectivity index (χ0) is 14.8. The van der Waals surface area contributed by atoms with Gasteiger partial charge in [0, 0.05) is 21.5 Å². The molecule has 2 aromatic carbocycles. The molecule has 0 spiro atoms. The van der Waals surface area contributed by atoms with Crippen LogP contribution in [-0.4, -0.2) is 9.97 Å². The molecule has 0 bridgehead atoms. The first-order valence-corrected chi connectivity index (χ1v) is 6.97. The van der Waals surface area contributed by atoms with Gasteiger partial charge in [0.15, 0.2) is 0 Å². The maximum atomic E-state index is 6.06. The van der Waals surface area contributed by atoms with E-state index in [1.807, 2.05) is 30.3 Å². The summed E-state index contributed by atoms with van der Waals surface area (Å²) in [5, 5.41) is 4.65. The fourth-order valence-corrected chi connectivity index (χ4v) is 2.34. The van der Waals surface area contributed by atoms with Crippen LogP contribution in [0.5, 0.6) is 0 Å². The van der Waals surface area contributed by atoms with Crippen molar-refractivity contribution in [2.24, 2.45) is 0 Å². The third kappa shape index (κ3) is 2.80. The van der Waals surface area contributed by atoms with Gasteiger partial charge in [0.2, 0.25) is 0 Å². The zero-order valence-electron chi connectivity index (χ0n) is 10.8. The van der Waals surface area contributed by atoms with Crippen LogP contribution < -0.4 is 5.32 Å². The van der Waals surface area contributed by atoms with Gasteiger partial charge < -0.3 is 5.32 Å². The molecule has 21 heavy (non-hydrogen) atoms. The van der Waals surface area contributed by atoms with Gasteiger partial charge in [-0.1, -0.05) is 23.6 Å². The lowest BCUT2D eigenvalue weighted by Crippen LogP contribution is -1.96. The fourth-order valence-electron chi connectivity index (χ4n) is 1.99. The molecule has 1 heterocycles. The second-order valence-electron chi connectivity index (χ2n) is 4.39. The molecule has 102 valence electrons. The summed E-state index contributed by atoms with van der Waals surface area (Å²) in [5.41, 5.74) is 2.42. The van der Waals surface area contributed by atoms with Gasteiger partial charge in [-0.25, -0.2) is 9.97 Å². The Kier molecular flexibility index (Phi) is 3.70. The van der Waals surface area contributed by atoms with Gasteiger partial charge in [0.05, 0.1) is 10.5 Å². The van der Waals surface area contributed by atoms with Gasteiger partial charge in [-0.15, -0.1) is 19.1 Å². The van der Waals surface area contributed by atoms with Gasteiger partial charge in [0.25, 0.3) is 0 Å². The molecule has 0 atom stereocenters. The Bertz CT molecular complexity index is 871. The number of halogens is 1.